The van der Waals surface area contributed by atoms with Crippen LogP contribution in [0.2, 0.25) is 0 Å². The molecule has 2 heteroatoms. The zero-order valence-corrected chi connectivity index (χ0v) is 10.4. The smallest absolute Gasteiger partial charge is 0.0351 e. The summed E-state index contributed by atoms with van der Waals surface area (Å²) in [7, 11) is 0. The monoisotopic (exact) mass is 225 g/mol. The number of nitrogens with zero attached hydrogens (tertiary/aromatic N) is 1. The van der Waals surface area contributed by atoms with Crippen LogP contribution in [0, 0.1) is 5.92 Å². The Morgan fingerprint density at radius 1 is 1.20 bits per heavy atom. The summed E-state index contributed by atoms with van der Waals surface area (Å²) in [6.45, 7) is 7.57. The first-order chi connectivity index (χ1) is 7.22. The lowest BCUT2D eigenvalue weighted by Crippen LogP contribution is -2.29. The topological polar surface area (TPSA) is 3.24 Å². The van der Waals surface area contributed by atoms with Crippen molar-refractivity contribution in [3.8, 4) is 0 Å². The molecular weight excluding hydrogens is 206 g/mol. The summed E-state index contributed by atoms with van der Waals surface area (Å²) in [5, 5.41) is 0. The number of hydrogen-bond donors (Lipinski definition) is 0. The van der Waals surface area contributed by atoms with E-state index in [-0.39, 0.29) is 0 Å². The minimum Gasteiger partial charge on any atom is -0.298 e. The average Bonchev–Trinajstić information content (AvgIpc) is 2.18. The van der Waals surface area contributed by atoms with Gasteiger partial charge in [0, 0.05) is 25.5 Å². The maximum absolute atomic E-state index is 5.80. The molecule has 0 spiro atoms. The van der Waals surface area contributed by atoms with Crippen LogP contribution in [0.5, 0.6) is 0 Å². The van der Waals surface area contributed by atoms with Crippen LogP contribution in [0.4, 0.5) is 0 Å². The second-order valence-electron chi connectivity index (χ2n) is 4.30. The third kappa shape index (κ3) is 5.19. The molecule has 15 heavy (non-hydrogen) atoms. The number of halogens is 1. The van der Waals surface area contributed by atoms with Crippen LogP contribution in [0.15, 0.2) is 30.3 Å². The van der Waals surface area contributed by atoms with Crippen LogP contribution in [0.3, 0.4) is 0 Å². The summed E-state index contributed by atoms with van der Waals surface area (Å²) in [6.07, 6.45) is 0. The molecule has 0 atom stereocenters. The molecule has 0 radical (unpaired) electrons. The lowest BCUT2D eigenvalue weighted by Gasteiger charge is -2.23. The summed E-state index contributed by atoms with van der Waals surface area (Å²) in [5.41, 5.74) is 1.36. The van der Waals surface area contributed by atoms with Gasteiger partial charge in [-0.05, 0) is 11.5 Å². The molecule has 1 nitrogen and oxygen atoms in total. The van der Waals surface area contributed by atoms with Crippen molar-refractivity contribution in [2.24, 2.45) is 5.92 Å². The Kier molecular flexibility index (Phi) is 5.74. The molecule has 0 N–H and O–H groups in total. The van der Waals surface area contributed by atoms with E-state index < -0.39 is 0 Å². The van der Waals surface area contributed by atoms with Crippen molar-refractivity contribution in [1.82, 2.24) is 4.90 Å². The third-order valence-electron chi connectivity index (χ3n) is 2.27. The van der Waals surface area contributed by atoms with Crippen molar-refractivity contribution in [1.29, 1.82) is 0 Å². The van der Waals surface area contributed by atoms with Crippen molar-refractivity contribution in [3.05, 3.63) is 35.9 Å². The first kappa shape index (κ1) is 12.5. The van der Waals surface area contributed by atoms with E-state index in [1.807, 2.05) is 0 Å². The largest absolute Gasteiger partial charge is 0.298 e. The maximum atomic E-state index is 5.80. The van der Waals surface area contributed by atoms with Gasteiger partial charge in [0.05, 0.1) is 0 Å². The second kappa shape index (κ2) is 6.86. The lowest BCUT2D eigenvalue weighted by atomic mass is 10.1. The molecule has 0 amide bonds. The fourth-order valence-corrected chi connectivity index (χ4v) is 1.95. The third-order valence-corrected chi connectivity index (χ3v) is 2.44. The zero-order chi connectivity index (χ0) is 11.1. The highest BCUT2D eigenvalue weighted by Crippen LogP contribution is 2.07. The first-order valence-corrected chi connectivity index (χ1v) is 6.08. The van der Waals surface area contributed by atoms with Crippen molar-refractivity contribution in [2.75, 3.05) is 19.0 Å². The van der Waals surface area contributed by atoms with E-state index in [0.29, 0.717) is 11.8 Å². The van der Waals surface area contributed by atoms with Gasteiger partial charge in [0.25, 0.3) is 0 Å². The van der Waals surface area contributed by atoms with E-state index in [1.165, 1.54) is 5.56 Å². The molecule has 1 rings (SSSR count). The fraction of sp³-hybridized carbons (Fsp3) is 0.538. The highest BCUT2D eigenvalue weighted by atomic mass is 35.5. The molecular formula is C13H20ClN. The van der Waals surface area contributed by atoms with Crippen molar-refractivity contribution >= 4 is 11.6 Å². The number of benzene rings is 1. The van der Waals surface area contributed by atoms with E-state index >= 15 is 0 Å². The van der Waals surface area contributed by atoms with Gasteiger partial charge >= 0.3 is 0 Å². The van der Waals surface area contributed by atoms with Gasteiger partial charge in [0.1, 0.15) is 0 Å². The van der Waals surface area contributed by atoms with Crippen molar-refractivity contribution in [3.63, 3.8) is 0 Å². The fourth-order valence-electron chi connectivity index (χ4n) is 1.71. The van der Waals surface area contributed by atoms with Gasteiger partial charge in [-0.15, -0.1) is 11.6 Å². The maximum Gasteiger partial charge on any atom is 0.0351 e. The van der Waals surface area contributed by atoms with Gasteiger partial charge in [-0.1, -0.05) is 44.2 Å². The minimum atomic E-state index is 0.692. The summed E-state index contributed by atoms with van der Waals surface area (Å²) >= 11 is 5.80. The average molecular weight is 226 g/mol. The Morgan fingerprint density at radius 2 is 1.87 bits per heavy atom. The van der Waals surface area contributed by atoms with Crippen LogP contribution >= 0.6 is 11.6 Å². The second-order valence-corrected chi connectivity index (χ2v) is 4.68. The lowest BCUT2D eigenvalue weighted by molar-refractivity contribution is 0.250. The van der Waals surface area contributed by atoms with Crippen LogP contribution in [-0.2, 0) is 6.54 Å². The molecule has 0 aliphatic heterocycles. The molecule has 84 valence electrons. The number of rotatable bonds is 6. The van der Waals surface area contributed by atoms with E-state index in [9.17, 15) is 0 Å². The predicted octanol–water partition coefficient (Wildman–Crippen LogP) is 3.38. The van der Waals surface area contributed by atoms with Gasteiger partial charge in [-0.3, -0.25) is 4.90 Å². The quantitative estimate of drug-likeness (QED) is 0.671. The van der Waals surface area contributed by atoms with Gasteiger partial charge in [0.15, 0.2) is 0 Å². The summed E-state index contributed by atoms with van der Waals surface area (Å²) in [5.74, 6) is 1.40. The zero-order valence-electron chi connectivity index (χ0n) is 9.62. The van der Waals surface area contributed by atoms with Gasteiger partial charge in [-0.25, -0.2) is 0 Å². The molecule has 0 aliphatic carbocycles. The van der Waals surface area contributed by atoms with E-state index in [1.54, 1.807) is 0 Å². The Balaban J connectivity index is 2.50. The highest BCUT2D eigenvalue weighted by molar-refractivity contribution is 6.18. The van der Waals surface area contributed by atoms with E-state index in [0.717, 1.165) is 19.6 Å². The molecule has 1 aromatic rings. The summed E-state index contributed by atoms with van der Waals surface area (Å²) in [4.78, 5) is 2.41. The normalized spacial score (nSPS) is 11.3. The molecule has 0 aliphatic rings. The number of hydrogen-bond acceptors (Lipinski definition) is 1. The van der Waals surface area contributed by atoms with Crippen molar-refractivity contribution in [2.45, 2.75) is 20.4 Å². The highest BCUT2D eigenvalue weighted by Gasteiger charge is 2.06. The Morgan fingerprint density at radius 3 is 2.40 bits per heavy atom. The molecule has 0 unspecified atom stereocenters. The molecule has 0 fully saturated rings. The van der Waals surface area contributed by atoms with Crippen molar-refractivity contribution < 1.29 is 0 Å². The van der Waals surface area contributed by atoms with Crippen LogP contribution in [0.1, 0.15) is 19.4 Å². The summed E-state index contributed by atoms with van der Waals surface area (Å²) in [6, 6.07) is 10.6. The number of alkyl halides is 1. The Hall–Kier alpha value is -0.530. The Bertz CT molecular complexity index is 258. The predicted molar refractivity (Wildman–Crippen MR) is 67.3 cm³/mol. The molecule has 0 heterocycles. The minimum absolute atomic E-state index is 0.692. The standard InChI is InChI=1S/C13H20ClN/c1-12(2)10-15(9-8-14)11-13-6-4-3-5-7-13/h3-7,12H,8-11H2,1-2H3. The van der Waals surface area contributed by atoms with Gasteiger partial charge < -0.3 is 0 Å². The molecule has 0 aromatic heterocycles. The van der Waals surface area contributed by atoms with Crippen LogP contribution in [-0.4, -0.2) is 23.9 Å². The van der Waals surface area contributed by atoms with E-state index in [2.05, 4.69) is 49.1 Å². The summed E-state index contributed by atoms with van der Waals surface area (Å²) < 4.78 is 0. The molecule has 1 aromatic carbocycles. The molecule has 0 saturated carbocycles. The SMILES string of the molecule is CC(C)CN(CCCl)Cc1ccccc1. The molecule has 0 bridgehead atoms. The van der Waals surface area contributed by atoms with Gasteiger partial charge in [0.2, 0.25) is 0 Å². The van der Waals surface area contributed by atoms with Crippen LogP contribution < -0.4 is 0 Å². The first-order valence-electron chi connectivity index (χ1n) is 5.54. The van der Waals surface area contributed by atoms with Gasteiger partial charge in [-0.2, -0.15) is 0 Å². The Labute approximate surface area is 98.0 Å². The molecule has 0 saturated heterocycles. The van der Waals surface area contributed by atoms with E-state index in [4.69, 9.17) is 11.6 Å². The van der Waals surface area contributed by atoms with Crippen LogP contribution in [0.25, 0.3) is 0 Å².